The van der Waals surface area contributed by atoms with E-state index in [2.05, 4.69) is 178 Å². The number of rotatable bonds is 9. The number of halogens is 2. The highest BCUT2D eigenvalue weighted by atomic mass is 28.3. The average molecular weight is 895 g/mol. The molecular formula is C61H40F2N4Si. The van der Waals surface area contributed by atoms with E-state index >= 15 is 0 Å². The highest BCUT2D eigenvalue weighted by molar-refractivity contribution is 7.20. The van der Waals surface area contributed by atoms with Gasteiger partial charge in [-0.05, 0) is 142 Å². The van der Waals surface area contributed by atoms with Gasteiger partial charge in [0.1, 0.15) is 11.6 Å². The summed E-state index contributed by atoms with van der Waals surface area (Å²) in [6, 6.07) is 84.4. The quantitative estimate of drug-likeness (QED) is 0.107. The minimum Gasteiger partial charge on any atom is -0.310 e. The normalized spacial score (nSPS) is 11.7. The van der Waals surface area contributed by atoms with Gasteiger partial charge in [-0.15, -0.1) is 0 Å². The van der Waals surface area contributed by atoms with E-state index in [-0.39, 0.29) is 11.6 Å². The van der Waals surface area contributed by atoms with Gasteiger partial charge in [0.25, 0.3) is 0 Å². The van der Waals surface area contributed by atoms with Crippen LogP contribution in [-0.4, -0.2) is 17.2 Å². The molecule has 0 atom stereocenters. The van der Waals surface area contributed by atoms with Gasteiger partial charge in [-0.25, -0.2) is 8.78 Å². The molecule has 0 saturated heterocycles. The maximum Gasteiger partial charge on any atom is 0.179 e. The Balaban J connectivity index is 1.13. The molecule has 10 aromatic carbocycles. The van der Waals surface area contributed by atoms with Gasteiger partial charge in [0, 0.05) is 50.0 Å². The Hall–Kier alpha value is -8.83. The largest absolute Gasteiger partial charge is 0.310 e. The summed E-state index contributed by atoms with van der Waals surface area (Å²) in [4.78, 5) is 2.24. The van der Waals surface area contributed by atoms with Gasteiger partial charge in [-0.1, -0.05) is 121 Å². The molecule has 0 unspecified atom stereocenters. The number of benzene rings is 10. The lowest BCUT2D eigenvalue weighted by Gasteiger charge is -2.34. The summed E-state index contributed by atoms with van der Waals surface area (Å²) in [5.41, 5.74) is 9.03. The third-order valence-corrected chi connectivity index (χ3v) is 18.2. The number of aromatic nitrogens is 2. The first-order chi connectivity index (χ1) is 33.5. The van der Waals surface area contributed by atoms with E-state index in [1.165, 1.54) is 45.0 Å². The fraction of sp³-hybridized carbons (Fsp3) is 0. The summed E-state index contributed by atoms with van der Waals surface area (Å²) in [5.74, 6) is -0.576. The molecule has 0 bridgehead atoms. The molecule has 0 radical (unpaired) electrons. The van der Waals surface area contributed by atoms with E-state index in [1.807, 2.05) is 60.7 Å². The lowest BCUT2D eigenvalue weighted by atomic mass is 10.1. The zero-order valence-electron chi connectivity index (χ0n) is 36.6. The molecule has 0 aliphatic carbocycles. The van der Waals surface area contributed by atoms with Crippen LogP contribution in [0.4, 0.5) is 25.8 Å². The average Bonchev–Trinajstić information content (AvgIpc) is 3.90. The predicted octanol–water partition coefficient (Wildman–Crippen LogP) is 12.9. The Labute approximate surface area is 393 Å². The van der Waals surface area contributed by atoms with Crippen LogP contribution in [0.5, 0.6) is 0 Å². The molecule has 2 heterocycles. The predicted molar refractivity (Wildman–Crippen MR) is 278 cm³/mol. The molecule has 0 aliphatic rings. The second-order valence-corrected chi connectivity index (χ2v) is 20.9. The van der Waals surface area contributed by atoms with Crippen molar-refractivity contribution in [1.29, 1.82) is 5.26 Å². The van der Waals surface area contributed by atoms with Crippen molar-refractivity contribution >= 4 is 89.5 Å². The number of anilines is 3. The zero-order valence-corrected chi connectivity index (χ0v) is 37.6. The Morgan fingerprint density at radius 2 is 0.750 bits per heavy atom. The van der Waals surface area contributed by atoms with Crippen molar-refractivity contribution in [3.63, 3.8) is 0 Å². The van der Waals surface area contributed by atoms with Crippen LogP contribution < -0.4 is 25.6 Å². The number of hydrogen-bond donors (Lipinski definition) is 0. The first kappa shape index (κ1) is 40.7. The third kappa shape index (κ3) is 6.61. The van der Waals surface area contributed by atoms with Crippen molar-refractivity contribution in [1.82, 2.24) is 9.13 Å². The van der Waals surface area contributed by atoms with Crippen LogP contribution in [0.15, 0.2) is 243 Å². The molecule has 12 rings (SSSR count). The summed E-state index contributed by atoms with van der Waals surface area (Å²) < 4.78 is 33.2. The monoisotopic (exact) mass is 894 g/mol. The first-order valence-electron chi connectivity index (χ1n) is 22.6. The Morgan fingerprint density at radius 3 is 1.24 bits per heavy atom. The van der Waals surface area contributed by atoms with Crippen LogP contribution in [0.25, 0.3) is 55.0 Å². The van der Waals surface area contributed by atoms with Gasteiger partial charge in [0.15, 0.2) is 8.07 Å². The van der Waals surface area contributed by atoms with Gasteiger partial charge in [-0.3, -0.25) is 0 Å². The smallest absolute Gasteiger partial charge is 0.179 e. The fourth-order valence-electron chi connectivity index (χ4n) is 10.4. The standard InChI is InChI=1S/C61H40F2N4Si/c62-43-22-28-46(29-23-43)66-58-19-11-10-18-54(58)55-38-48(32-35-59(55)66)65(45-26-20-42(41-64)21-27-45)49-33-36-60-56(39-49)57-40-53(34-37-61(57)67(60)47-30-24-44(63)25-31-47)68(50-12-4-1-5-13-50,51-14-6-2-7-15-51)52-16-8-3-9-17-52/h1-40H. The number of hydrogen-bond acceptors (Lipinski definition) is 2. The van der Waals surface area contributed by atoms with E-state index in [0.717, 1.165) is 72.0 Å². The molecule has 0 N–H and O–H groups in total. The van der Waals surface area contributed by atoms with Gasteiger partial charge in [0.05, 0.1) is 33.7 Å². The van der Waals surface area contributed by atoms with E-state index in [9.17, 15) is 14.0 Å². The van der Waals surface area contributed by atoms with Crippen LogP contribution in [0.3, 0.4) is 0 Å². The second kappa shape index (κ2) is 16.6. The summed E-state index contributed by atoms with van der Waals surface area (Å²) in [5, 5.41) is 19.2. The molecule has 0 aliphatic heterocycles. The van der Waals surface area contributed by atoms with Crippen LogP contribution in [0, 0.1) is 23.0 Å². The molecular weight excluding hydrogens is 855 g/mol. The summed E-state index contributed by atoms with van der Waals surface area (Å²) in [6.07, 6.45) is 0. The lowest BCUT2D eigenvalue weighted by Crippen LogP contribution is -2.74. The number of nitriles is 1. The minimum atomic E-state index is -2.92. The number of nitrogens with zero attached hydrogens (tertiary/aromatic N) is 4. The lowest BCUT2D eigenvalue weighted by molar-refractivity contribution is 0.627. The highest BCUT2D eigenvalue weighted by Gasteiger charge is 2.41. The SMILES string of the molecule is N#Cc1ccc(N(c2ccc3c(c2)c2ccccc2n3-c2ccc(F)cc2)c2ccc3c(c2)c2cc([Si](c4ccccc4)(c4ccccc4)c4ccccc4)ccc2n3-c2ccc(F)cc2)cc1. The van der Waals surface area contributed by atoms with Crippen molar-refractivity contribution in [2.45, 2.75) is 0 Å². The molecule has 0 spiro atoms. The molecule has 0 saturated carbocycles. The van der Waals surface area contributed by atoms with E-state index in [0.29, 0.717) is 5.56 Å². The number of fused-ring (bicyclic) bond motifs is 6. The molecule has 0 amide bonds. The summed E-state index contributed by atoms with van der Waals surface area (Å²) in [7, 11) is -2.92. The topological polar surface area (TPSA) is 36.9 Å². The molecule has 0 fully saturated rings. The van der Waals surface area contributed by atoms with Crippen molar-refractivity contribution in [3.05, 3.63) is 260 Å². The molecule has 7 heteroatoms. The Morgan fingerprint density at radius 1 is 0.353 bits per heavy atom. The van der Waals surface area contributed by atoms with Crippen LogP contribution >= 0.6 is 0 Å². The summed E-state index contributed by atoms with van der Waals surface area (Å²) >= 11 is 0. The van der Waals surface area contributed by atoms with Crippen molar-refractivity contribution < 1.29 is 8.78 Å². The van der Waals surface area contributed by atoms with E-state index in [4.69, 9.17) is 0 Å². The van der Waals surface area contributed by atoms with Crippen molar-refractivity contribution in [2.75, 3.05) is 4.90 Å². The van der Waals surface area contributed by atoms with Gasteiger partial charge in [0.2, 0.25) is 0 Å². The molecule has 68 heavy (non-hydrogen) atoms. The zero-order chi connectivity index (χ0) is 45.8. The van der Waals surface area contributed by atoms with Crippen LogP contribution in [-0.2, 0) is 0 Å². The Bertz CT molecular complexity index is 3760. The van der Waals surface area contributed by atoms with Crippen LogP contribution in [0.2, 0.25) is 0 Å². The molecule has 2 aromatic heterocycles. The molecule has 4 nitrogen and oxygen atoms in total. The van der Waals surface area contributed by atoms with Crippen LogP contribution in [0.1, 0.15) is 5.56 Å². The van der Waals surface area contributed by atoms with E-state index in [1.54, 1.807) is 0 Å². The van der Waals surface area contributed by atoms with E-state index < -0.39 is 8.07 Å². The third-order valence-electron chi connectivity index (χ3n) is 13.4. The highest BCUT2D eigenvalue weighted by Crippen LogP contribution is 2.42. The number of para-hydroxylation sites is 1. The minimum absolute atomic E-state index is 0.283. The fourth-order valence-corrected chi connectivity index (χ4v) is 15.2. The van der Waals surface area contributed by atoms with Gasteiger partial charge >= 0.3 is 0 Å². The maximum absolute atomic E-state index is 14.6. The van der Waals surface area contributed by atoms with Gasteiger partial charge in [-0.2, -0.15) is 5.26 Å². The maximum atomic E-state index is 14.6. The second-order valence-electron chi connectivity index (χ2n) is 17.1. The summed E-state index contributed by atoms with van der Waals surface area (Å²) in [6.45, 7) is 0. The van der Waals surface area contributed by atoms with Gasteiger partial charge < -0.3 is 14.0 Å². The molecule has 12 aromatic rings. The van der Waals surface area contributed by atoms with Crippen molar-refractivity contribution in [3.8, 4) is 17.4 Å². The van der Waals surface area contributed by atoms with Crippen molar-refractivity contribution in [2.24, 2.45) is 0 Å². The Kier molecular flexibility index (Phi) is 9.90. The molecule has 322 valence electrons. The first-order valence-corrected chi connectivity index (χ1v) is 24.6.